The molecule has 3 N–H and O–H groups in total. The molecule has 194 valence electrons. The maximum absolute atomic E-state index is 15.3. The molecular weight excluding hydrogens is 525 g/mol. The molecule has 0 spiro atoms. The number of aromatic amines is 2. The van der Waals surface area contributed by atoms with Gasteiger partial charge in [0.15, 0.2) is 11.6 Å². The van der Waals surface area contributed by atoms with E-state index in [-0.39, 0.29) is 17.8 Å². The molecule has 5 aromatic heterocycles. The summed E-state index contributed by atoms with van der Waals surface area (Å²) in [6.07, 6.45) is 5.18. The van der Waals surface area contributed by atoms with Gasteiger partial charge in [-0.3, -0.25) is 19.9 Å². The lowest BCUT2D eigenvalue weighted by molar-refractivity contribution is -0.115. The van der Waals surface area contributed by atoms with Crippen LogP contribution < -0.4 is 5.32 Å². The summed E-state index contributed by atoms with van der Waals surface area (Å²) in [6.45, 7) is 0. The fourth-order valence-corrected chi connectivity index (χ4v) is 5.44. The summed E-state index contributed by atoms with van der Waals surface area (Å²) >= 11 is 1.59. The zero-order chi connectivity index (χ0) is 27.1. The molecule has 1 amide bonds. The van der Waals surface area contributed by atoms with Crippen LogP contribution in [-0.2, 0) is 11.2 Å². The van der Waals surface area contributed by atoms with Crippen molar-refractivity contribution >= 4 is 44.9 Å². The number of rotatable bonds is 6. The lowest BCUT2D eigenvalue weighted by Crippen LogP contribution is -2.14. The van der Waals surface area contributed by atoms with Crippen LogP contribution in [0.3, 0.4) is 0 Å². The Hall–Kier alpha value is -5.22. The van der Waals surface area contributed by atoms with Gasteiger partial charge in [-0.1, -0.05) is 36.4 Å². The van der Waals surface area contributed by atoms with Gasteiger partial charge in [0, 0.05) is 23.3 Å². The van der Waals surface area contributed by atoms with Gasteiger partial charge in [-0.05, 0) is 46.8 Å². The SMILES string of the molecule is O=C(Cc1ccccc1)Nc1cncc(-c2cc(F)c3n[nH]c(-c4nc5c(-c6cccs6)nccc5[nH]4)c3c2)c1. The molecule has 7 rings (SSSR count). The molecule has 7 aromatic rings. The molecule has 0 radical (unpaired) electrons. The van der Waals surface area contributed by atoms with E-state index in [0.717, 1.165) is 27.2 Å². The standard InChI is InChI=1S/C30H20FN7OS/c31-22-14-18(19-12-20(16-32-15-19)34-25(39)11-17-5-2-1-3-6-17)13-21-26(22)37-38-27(21)30-35-23-8-9-33-29(28(23)36-30)24-7-4-10-40-24/h1-10,12-16H,11H2,(H,34,39)(H,35,36)(H,37,38). The number of halogens is 1. The van der Waals surface area contributed by atoms with Crippen LogP contribution in [0.5, 0.6) is 0 Å². The van der Waals surface area contributed by atoms with E-state index in [0.29, 0.717) is 33.7 Å². The van der Waals surface area contributed by atoms with Crippen molar-refractivity contribution in [1.82, 2.24) is 30.1 Å². The summed E-state index contributed by atoms with van der Waals surface area (Å²) in [5.74, 6) is -0.115. The fourth-order valence-electron chi connectivity index (χ4n) is 4.72. The third-order valence-corrected chi connectivity index (χ3v) is 7.44. The van der Waals surface area contributed by atoms with Gasteiger partial charge in [0.05, 0.1) is 28.7 Å². The topological polar surface area (TPSA) is 112 Å². The van der Waals surface area contributed by atoms with Crippen LogP contribution >= 0.6 is 11.3 Å². The molecule has 0 unspecified atom stereocenters. The highest BCUT2D eigenvalue weighted by atomic mass is 32.1. The normalized spacial score (nSPS) is 11.3. The molecule has 0 bridgehead atoms. The van der Waals surface area contributed by atoms with Crippen molar-refractivity contribution in [2.75, 3.05) is 5.32 Å². The zero-order valence-corrected chi connectivity index (χ0v) is 21.7. The molecule has 10 heteroatoms. The number of nitrogens with one attached hydrogen (secondary N) is 3. The minimum absolute atomic E-state index is 0.162. The van der Waals surface area contributed by atoms with E-state index in [4.69, 9.17) is 4.98 Å². The quantitative estimate of drug-likeness (QED) is 0.218. The van der Waals surface area contributed by atoms with Crippen LogP contribution in [0, 0.1) is 5.82 Å². The number of thiophene rings is 1. The molecule has 0 atom stereocenters. The zero-order valence-electron chi connectivity index (χ0n) is 20.9. The first kappa shape index (κ1) is 23.9. The Kier molecular flexibility index (Phi) is 5.86. The van der Waals surface area contributed by atoms with Crippen LogP contribution in [0.2, 0.25) is 0 Å². The van der Waals surface area contributed by atoms with Crippen LogP contribution in [-0.4, -0.2) is 36.0 Å². The highest BCUT2D eigenvalue weighted by Crippen LogP contribution is 2.34. The molecular formula is C30H20FN7OS. The van der Waals surface area contributed by atoms with Gasteiger partial charge >= 0.3 is 0 Å². The maximum atomic E-state index is 15.3. The van der Waals surface area contributed by atoms with E-state index in [1.54, 1.807) is 36.0 Å². The third kappa shape index (κ3) is 4.40. The number of H-pyrrole nitrogens is 2. The summed E-state index contributed by atoms with van der Waals surface area (Å²) in [5, 5.41) is 12.6. The summed E-state index contributed by atoms with van der Waals surface area (Å²) in [4.78, 5) is 30.5. The number of carbonyl (C=O) groups is 1. The summed E-state index contributed by atoms with van der Waals surface area (Å²) in [5.41, 5.74) is 5.77. The number of benzene rings is 2. The lowest BCUT2D eigenvalue weighted by Gasteiger charge is -2.08. The van der Waals surface area contributed by atoms with E-state index >= 15 is 4.39 Å². The van der Waals surface area contributed by atoms with Crippen molar-refractivity contribution in [1.29, 1.82) is 0 Å². The average molecular weight is 546 g/mol. The van der Waals surface area contributed by atoms with Gasteiger partial charge in [0.1, 0.15) is 22.4 Å². The Labute approximate surface area is 231 Å². The Morgan fingerprint density at radius 1 is 0.975 bits per heavy atom. The van der Waals surface area contributed by atoms with Gasteiger partial charge in [0.2, 0.25) is 5.91 Å². The van der Waals surface area contributed by atoms with Crippen molar-refractivity contribution in [3.63, 3.8) is 0 Å². The van der Waals surface area contributed by atoms with Crippen LogP contribution in [0.15, 0.2) is 90.7 Å². The number of pyridine rings is 2. The van der Waals surface area contributed by atoms with Gasteiger partial charge in [0.25, 0.3) is 0 Å². The number of hydrogen-bond donors (Lipinski definition) is 3. The predicted molar refractivity (Wildman–Crippen MR) is 154 cm³/mol. The van der Waals surface area contributed by atoms with E-state index < -0.39 is 5.82 Å². The first-order valence-electron chi connectivity index (χ1n) is 12.5. The number of nitrogens with zero attached hydrogens (tertiary/aromatic N) is 4. The lowest BCUT2D eigenvalue weighted by atomic mass is 10.0. The molecule has 8 nitrogen and oxygen atoms in total. The molecule has 40 heavy (non-hydrogen) atoms. The van der Waals surface area contributed by atoms with E-state index in [9.17, 15) is 4.79 Å². The highest BCUT2D eigenvalue weighted by Gasteiger charge is 2.19. The molecule has 0 fully saturated rings. The minimum Gasteiger partial charge on any atom is -0.337 e. The molecule has 0 saturated heterocycles. The highest BCUT2D eigenvalue weighted by molar-refractivity contribution is 7.13. The van der Waals surface area contributed by atoms with Crippen LogP contribution in [0.4, 0.5) is 10.1 Å². The summed E-state index contributed by atoms with van der Waals surface area (Å²) < 4.78 is 15.3. The van der Waals surface area contributed by atoms with E-state index in [2.05, 4.69) is 30.5 Å². The van der Waals surface area contributed by atoms with Crippen molar-refractivity contribution in [3.8, 4) is 33.2 Å². The maximum Gasteiger partial charge on any atom is 0.228 e. The first-order chi connectivity index (χ1) is 19.6. The van der Waals surface area contributed by atoms with Gasteiger partial charge in [-0.25, -0.2) is 9.37 Å². The van der Waals surface area contributed by atoms with Gasteiger partial charge < -0.3 is 10.3 Å². The third-order valence-electron chi connectivity index (χ3n) is 6.57. The summed E-state index contributed by atoms with van der Waals surface area (Å²) in [7, 11) is 0. The molecule has 0 aliphatic carbocycles. The Morgan fingerprint density at radius 2 is 1.88 bits per heavy atom. The van der Waals surface area contributed by atoms with Gasteiger partial charge in [-0.15, -0.1) is 11.3 Å². The number of carbonyl (C=O) groups excluding carboxylic acids is 1. The molecule has 0 aliphatic heterocycles. The second kappa shape index (κ2) is 9.83. The summed E-state index contributed by atoms with van der Waals surface area (Å²) in [6, 6.07) is 20.4. The number of aromatic nitrogens is 6. The second-order valence-corrected chi connectivity index (χ2v) is 10.2. The molecule has 5 heterocycles. The monoisotopic (exact) mass is 545 g/mol. The second-order valence-electron chi connectivity index (χ2n) is 9.24. The minimum atomic E-state index is -0.481. The van der Waals surface area contributed by atoms with E-state index in [1.165, 1.54) is 6.07 Å². The largest absolute Gasteiger partial charge is 0.337 e. The Balaban J connectivity index is 1.24. The number of hydrogen-bond acceptors (Lipinski definition) is 6. The van der Waals surface area contributed by atoms with Crippen molar-refractivity contribution in [2.45, 2.75) is 6.42 Å². The average Bonchev–Trinajstić information content (AvgIpc) is 3.73. The van der Waals surface area contributed by atoms with Crippen molar-refractivity contribution in [2.24, 2.45) is 0 Å². The van der Waals surface area contributed by atoms with Crippen molar-refractivity contribution < 1.29 is 9.18 Å². The fraction of sp³-hybridized carbons (Fsp3) is 0.0333. The van der Waals surface area contributed by atoms with Gasteiger partial charge in [-0.2, -0.15) is 5.10 Å². The van der Waals surface area contributed by atoms with Crippen molar-refractivity contribution in [3.05, 3.63) is 102 Å². The Morgan fingerprint density at radius 3 is 2.73 bits per heavy atom. The number of anilines is 1. The molecule has 0 aliphatic rings. The predicted octanol–water partition coefficient (Wildman–Crippen LogP) is 6.61. The number of fused-ring (bicyclic) bond motifs is 2. The van der Waals surface area contributed by atoms with E-state index in [1.807, 2.05) is 60.0 Å². The first-order valence-corrected chi connectivity index (χ1v) is 13.4. The van der Waals surface area contributed by atoms with Crippen LogP contribution in [0.1, 0.15) is 5.56 Å². The number of amides is 1. The smallest absolute Gasteiger partial charge is 0.228 e. The number of imidazole rings is 1. The Bertz CT molecular complexity index is 2000. The molecule has 2 aromatic carbocycles. The van der Waals surface area contributed by atoms with Crippen LogP contribution in [0.25, 0.3) is 55.2 Å². The molecule has 0 saturated carbocycles.